The van der Waals surface area contributed by atoms with Gasteiger partial charge in [-0.3, -0.25) is 0 Å². The number of hydrogen-bond donors (Lipinski definition) is 2. The van der Waals surface area contributed by atoms with Crippen LogP contribution in [0.1, 0.15) is 26.2 Å². The molecule has 0 aromatic heterocycles. The van der Waals surface area contributed by atoms with Crippen molar-refractivity contribution in [1.82, 2.24) is 0 Å². The molecule has 1 atom stereocenters. The Hall–Kier alpha value is -0.379. The summed E-state index contributed by atoms with van der Waals surface area (Å²) in [5, 5.41) is 17.6. The van der Waals surface area contributed by atoms with Gasteiger partial charge in [-0.05, 0) is 70.5 Å². The standard InChI is InChI=1S/C21H45O8Si3/c1-20(2)21(24)27-14-9-19-32(6,28-30(3)17-7-12-25-15-10-22)29-31(4,5)18-8-13-26-16-11-23/h22-23H,1,7-19H2,2-6H3. The minimum absolute atomic E-state index is 0.0401. The molecule has 1 radical (unpaired) electrons. The molecule has 2 N–H and O–H groups in total. The summed E-state index contributed by atoms with van der Waals surface area (Å²) in [5.74, 6) is -0.365. The summed E-state index contributed by atoms with van der Waals surface area (Å²) < 4.78 is 29.4. The third kappa shape index (κ3) is 17.1. The summed E-state index contributed by atoms with van der Waals surface area (Å²) in [4.78, 5) is 11.6. The molecule has 0 rings (SSSR count). The molecule has 0 saturated heterocycles. The Morgan fingerprint density at radius 2 is 1.47 bits per heavy atom. The number of hydrogen-bond acceptors (Lipinski definition) is 8. The summed E-state index contributed by atoms with van der Waals surface area (Å²) in [5.41, 5.74) is 0.400. The van der Waals surface area contributed by atoms with Crippen LogP contribution in [0.4, 0.5) is 0 Å². The van der Waals surface area contributed by atoms with Gasteiger partial charge in [-0.2, -0.15) is 0 Å². The minimum atomic E-state index is -2.47. The highest BCUT2D eigenvalue weighted by Gasteiger charge is 2.39. The van der Waals surface area contributed by atoms with Crippen molar-refractivity contribution in [3.8, 4) is 0 Å². The number of carbonyl (C=O) groups excluding carboxylic acids is 1. The Balaban J connectivity index is 4.80. The lowest BCUT2D eigenvalue weighted by Crippen LogP contribution is -2.51. The van der Waals surface area contributed by atoms with Crippen LogP contribution in [-0.4, -0.2) is 88.3 Å². The van der Waals surface area contributed by atoms with Crippen LogP contribution in [0, 0.1) is 0 Å². The maximum absolute atomic E-state index is 11.6. The lowest BCUT2D eigenvalue weighted by Gasteiger charge is -2.37. The van der Waals surface area contributed by atoms with Crippen LogP contribution < -0.4 is 0 Å². The van der Waals surface area contributed by atoms with Crippen LogP contribution in [0.3, 0.4) is 0 Å². The Morgan fingerprint density at radius 3 is 2.03 bits per heavy atom. The summed E-state index contributed by atoms with van der Waals surface area (Å²) >= 11 is 0. The highest BCUT2D eigenvalue weighted by molar-refractivity contribution is 6.85. The molecule has 0 spiro atoms. The predicted molar refractivity (Wildman–Crippen MR) is 133 cm³/mol. The first-order chi connectivity index (χ1) is 15.0. The first-order valence-corrected chi connectivity index (χ1v) is 19.2. The topological polar surface area (TPSA) is 104 Å². The first kappa shape index (κ1) is 31.6. The van der Waals surface area contributed by atoms with E-state index in [2.05, 4.69) is 32.8 Å². The monoisotopic (exact) mass is 509 g/mol. The van der Waals surface area contributed by atoms with E-state index in [-0.39, 0.29) is 19.2 Å². The SMILES string of the molecule is C=C(C)C(=O)OCCC[Si](C)(O[Si](C)CCCOCCO)O[Si](C)(C)CCCOCCO. The number of aliphatic hydroxyl groups excluding tert-OH is 2. The summed E-state index contributed by atoms with van der Waals surface area (Å²) in [6.45, 7) is 16.3. The van der Waals surface area contributed by atoms with Gasteiger partial charge in [0.2, 0.25) is 0 Å². The quantitative estimate of drug-likeness (QED) is 0.105. The van der Waals surface area contributed by atoms with Gasteiger partial charge in [0, 0.05) is 18.8 Å². The van der Waals surface area contributed by atoms with Crippen molar-refractivity contribution in [1.29, 1.82) is 0 Å². The molecule has 8 nitrogen and oxygen atoms in total. The maximum Gasteiger partial charge on any atom is 0.333 e. The second-order valence-electron chi connectivity index (χ2n) is 8.70. The van der Waals surface area contributed by atoms with Crippen LogP contribution >= 0.6 is 0 Å². The highest BCUT2D eigenvalue weighted by Crippen LogP contribution is 2.26. The van der Waals surface area contributed by atoms with E-state index in [1.54, 1.807) is 6.92 Å². The molecule has 0 aromatic carbocycles. The van der Waals surface area contributed by atoms with E-state index in [4.69, 9.17) is 32.7 Å². The molecular formula is C21H45O8Si3. The van der Waals surface area contributed by atoms with Crippen LogP contribution in [0.2, 0.25) is 44.3 Å². The zero-order valence-corrected chi connectivity index (χ0v) is 23.7. The molecule has 189 valence electrons. The molecule has 0 amide bonds. The molecule has 0 aliphatic carbocycles. The normalized spacial score (nSPS) is 13.9. The largest absolute Gasteiger partial charge is 0.462 e. The molecule has 0 aliphatic heterocycles. The van der Waals surface area contributed by atoms with E-state index in [0.29, 0.717) is 45.0 Å². The Morgan fingerprint density at radius 1 is 0.906 bits per heavy atom. The molecule has 0 aliphatic rings. The lowest BCUT2D eigenvalue weighted by molar-refractivity contribution is -0.138. The molecule has 0 bridgehead atoms. The van der Waals surface area contributed by atoms with Gasteiger partial charge in [-0.15, -0.1) is 0 Å². The van der Waals surface area contributed by atoms with Crippen molar-refractivity contribution in [2.45, 2.75) is 70.5 Å². The summed E-state index contributed by atoms with van der Waals surface area (Å²) in [6, 6.07) is 2.66. The zero-order chi connectivity index (χ0) is 24.5. The van der Waals surface area contributed by atoms with E-state index in [0.717, 1.165) is 31.0 Å². The molecule has 11 heteroatoms. The number of carbonyl (C=O) groups is 1. The van der Waals surface area contributed by atoms with Crippen LogP contribution in [0.5, 0.6) is 0 Å². The number of esters is 1. The number of rotatable bonds is 21. The summed E-state index contributed by atoms with van der Waals surface area (Å²) in [7, 11) is -5.51. The molecule has 0 aromatic rings. The fourth-order valence-corrected chi connectivity index (χ4v) is 15.4. The maximum atomic E-state index is 11.6. The smallest absolute Gasteiger partial charge is 0.333 e. The van der Waals surface area contributed by atoms with Crippen molar-refractivity contribution < 1.29 is 37.4 Å². The molecule has 32 heavy (non-hydrogen) atoms. The average Bonchev–Trinajstić information content (AvgIpc) is 2.70. The Bertz CT molecular complexity index is 521. The molecule has 0 saturated carbocycles. The van der Waals surface area contributed by atoms with Gasteiger partial charge in [0.25, 0.3) is 0 Å². The van der Waals surface area contributed by atoms with E-state index in [9.17, 15) is 4.79 Å². The van der Waals surface area contributed by atoms with Gasteiger partial charge in [-0.25, -0.2) is 4.79 Å². The van der Waals surface area contributed by atoms with Gasteiger partial charge < -0.3 is 32.7 Å². The molecular weight excluding hydrogens is 464 g/mol. The van der Waals surface area contributed by atoms with E-state index in [1.165, 1.54) is 0 Å². The number of ether oxygens (including phenoxy) is 3. The van der Waals surface area contributed by atoms with Crippen LogP contribution in [0.25, 0.3) is 0 Å². The molecule has 1 unspecified atom stereocenters. The zero-order valence-electron chi connectivity index (χ0n) is 20.7. The first-order valence-electron chi connectivity index (χ1n) is 11.5. The minimum Gasteiger partial charge on any atom is -0.462 e. The Kier molecular flexibility index (Phi) is 17.8. The van der Waals surface area contributed by atoms with Crippen molar-refractivity contribution in [2.75, 3.05) is 46.2 Å². The highest BCUT2D eigenvalue weighted by atomic mass is 28.5. The fraction of sp³-hybridized carbons (Fsp3) is 0.857. The van der Waals surface area contributed by atoms with E-state index < -0.39 is 25.9 Å². The summed E-state index contributed by atoms with van der Waals surface area (Å²) in [6.07, 6.45) is 2.49. The molecule has 0 fully saturated rings. The third-order valence-electron chi connectivity index (χ3n) is 4.60. The lowest BCUT2D eigenvalue weighted by atomic mass is 10.4. The third-order valence-corrected chi connectivity index (χ3v) is 15.5. The van der Waals surface area contributed by atoms with Crippen LogP contribution in [-0.2, 0) is 27.2 Å². The predicted octanol–water partition coefficient (Wildman–Crippen LogP) is 3.23. The van der Waals surface area contributed by atoms with E-state index in [1.807, 2.05) is 0 Å². The van der Waals surface area contributed by atoms with Crippen molar-refractivity contribution >= 4 is 31.9 Å². The van der Waals surface area contributed by atoms with Gasteiger partial charge in [0.15, 0.2) is 17.4 Å². The second kappa shape index (κ2) is 18.0. The van der Waals surface area contributed by atoms with Gasteiger partial charge in [-0.1, -0.05) is 6.58 Å². The molecule has 0 heterocycles. The van der Waals surface area contributed by atoms with Gasteiger partial charge in [0.1, 0.15) is 0 Å². The van der Waals surface area contributed by atoms with E-state index >= 15 is 0 Å². The number of aliphatic hydroxyl groups is 2. The Labute approximate surface area is 198 Å². The average molecular weight is 510 g/mol. The van der Waals surface area contributed by atoms with Crippen molar-refractivity contribution in [3.63, 3.8) is 0 Å². The van der Waals surface area contributed by atoms with Gasteiger partial charge in [0.05, 0.1) is 33.0 Å². The van der Waals surface area contributed by atoms with Crippen LogP contribution in [0.15, 0.2) is 12.2 Å². The van der Waals surface area contributed by atoms with Crippen molar-refractivity contribution in [3.05, 3.63) is 12.2 Å². The van der Waals surface area contributed by atoms with Gasteiger partial charge >= 0.3 is 14.5 Å². The van der Waals surface area contributed by atoms with Crippen molar-refractivity contribution in [2.24, 2.45) is 0 Å². The second-order valence-corrected chi connectivity index (χ2v) is 19.0. The fourth-order valence-electron chi connectivity index (χ4n) is 3.22.